The SMILES string of the molecule is CCN(C(=O)[C@@H]1CCCN(C(=O)c2ccccc2OC(F)F)C1)c1ccccc1C. The highest BCUT2D eigenvalue weighted by Crippen LogP contribution is 2.28. The number of aryl methyl sites for hydroxylation is 1. The molecule has 0 saturated carbocycles. The summed E-state index contributed by atoms with van der Waals surface area (Å²) in [4.78, 5) is 29.6. The number of nitrogens with zero attached hydrogens (tertiary/aromatic N) is 2. The average molecular weight is 416 g/mol. The van der Waals surface area contributed by atoms with Gasteiger partial charge in [0.2, 0.25) is 5.91 Å². The van der Waals surface area contributed by atoms with E-state index in [0.29, 0.717) is 25.9 Å². The molecular weight excluding hydrogens is 390 g/mol. The number of para-hydroxylation sites is 2. The van der Waals surface area contributed by atoms with Crippen LogP contribution in [0.5, 0.6) is 5.75 Å². The lowest BCUT2D eigenvalue weighted by molar-refractivity contribution is -0.123. The van der Waals surface area contributed by atoms with Crippen LogP contribution in [0.4, 0.5) is 14.5 Å². The maximum Gasteiger partial charge on any atom is 0.387 e. The van der Waals surface area contributed by atoms with Crippen molar-refractivity contribution in [1.82, 2.24) is 4.90 Å². The highest BCUT2D eigenvalue weighted by molar-refractivity contribution is 5.99. The Labute approximate surface area is 175 Å². The van der Waals surface area contributed by atoms with Gasteiger partial charge in [0.1, 0.15) is 5.75 Å². The molecule has 1 aliphatic rings. The molecule has 1 fully saturated rings. The van der Waals surface area contributed by atoms with E-state index in [2.05, 4.69) is 4.74 Å². The minimum atomic E-state index is -3.01. The van der Waals surface area contributed by atoms with Gasteiger partial charge in [0, 0.05) is 25.3 Å². The van der Waals surface area contributed by atoms with E-state index in [1.165, 1.54) is 12.1 Å². The second-order valence-corrected chi connectivity index (χ2v) is 7.33. The maximum absolute atomic E-state index is 13.3. The standard InChI is InChI=1S/C23H26F2N2O3/c1-3-27(19-12-6-4-9-16(19)2)21(28)17-10-8-14-26(15-17)22(29)18-11-5-7-13-20(18)30-23(24)25/h4-7,9,11-13,17,23H,3,8,10,14-15H2,1-2H3/t17-/m1/s1. The van der Waals surface area contributed by atoms with Crippen molar-refractivity contribution >= 4 is 17.5 Å². The van der Waals surface area contributed by atoms with Crippen molar-refractivity contribution < 1.29 is 23.1 Å². The Morgan fingerprint density at radius 2 is 1.87 bits per heavy atom. The van der Waals surface area contributed by atoms with Gasteiger partial charge in [-0.2, -0.15) is 8.78 Å². The molecule has 1 aliphatic heterocycles. The van der Waals surface area contributed by atoms with Gasteiger partial charge in [-0.05, 0) is 50.5 Å². The fraction of sp³-hybridized carbons (Fsp3) is 0.391. The number of hydrogen-bond acceptors (Lipinski definition) is 3. The van der Waals surface area contributed by atoms with E-state index < -0.39 is 12.5 Å². The number of likely N-dealkylation sites (tertiary alicyclic amines) is 1. The topological polar surface area (TPSA) is 49.9 Å². The van der Waals surface area contributed by atoms with Gasteiger partial charge in [0.15, 0.2) is 0 Å². The van der Waals surface area contributed by atoms with Gasteiger partial charge < -0.3 is 14.5 Å². The highest BCUT2D eigenvalue weighted by Gasteiger charge is 2.33. The summed E-state index contributed by atoms with van der Waals surface area (Å²) in [6.07, 6.45) is 1.35. The Balaban J connectivity index is 1.77. The summed E-state index contributed by atoms with van der Waals surface area (Å²) in [5.74, 6) is -0.921. The van der Waals surface area contributed by atoms with E-state index in [4.69, 9.17) is 0 Å². The molecule has 1 atom stereocenters. The summed E-state index contributed by atoms with van der Waals surface area (Å²) in [5, 5.41) is 0. The average Bonchev–Trinajstić information content (AvgIpc) is 2.75. The van der Waals surface area contributed by atoms with Crippen LogP contribution >= 0.6 is 0 Å². The van der Waals surface area contributed by atoms with E-state index in [1.54, 1.807) is 21.9 Å². The third-order valence-corrected chi connectivity index (χ3v) is 5.38. The first-order chi connectivity index (χ1) is 14.4. The maximum atomic E-state index is 13.3. The lowest BCUT2D eigenvalue weighted by Gasteiger charge is -2.35. The van der Waals surface area contributed by atoms with Crippen molar-refractivity contribution in [2.24, 2.45) is 5.92 Å². The third kappa shape index (κ3) is 4.78. The molecule has 1 saturated heterocycles. The van der Waals surface area contributed by atoms with Crippen LogP contribution in [0.2, 0.25) is 0 Å². The lowest BCUT2D eigenvalue weighted by atomic mass is 9.95. The molecule has 30 heavy (non-hydrogen) atoms. The summed E-state index contributed by atoms with van der Waals surface area (Å²) in [6, 6.07) is 13.7. The number of rotatable bonds is 6. The fourth-order valence-corrected chi connectivity index (χ4v) is 3.91. The summed E-state index contributed by atoms with van der Waals surface area (Å²) < 4.78 is 29.9. The van der Waals surface area contributed by atoms with Crippen LogP contribution < -0.4 is 9.64 Å². The van der Waals surface area contributed by atoms with Crippen LogP contribution in [-0.2, 0) is 4.79 Å². The number of amides is 2. The summed E-state index contributed by atoms with van der Waals surface area (Å²) in [6.45, 7) is 2.13. The number of carbonyl (C=O) groups excluding carboxylic acids is 2. The van der Waals surface area contributed by atoms with Gasteiger partial charge >= 0.3 is 6.61 Å². The zero-order valence-electron chi connectivity index (χ0n) is 17.2. The van der Waals surface area contributed by atoms with Crippen molar-refractivity contribution in [3.05, 3.63) is 59.7 Å². The molecule has 2 aromatic rings. The molecule has 0 aromatic heterocycles. The molecule has 0 radical (unpaired) electrons. The van der Waals surface area contributed by atoms with E-state index in [-0.39, 0.29) is 29.7 Å². The molecule has 0 N–H and O–H groups in total. The molecule has 0 spiro atoms. The smallest absolute Gasteiger partial charge is 0.387 e. The van der Waals surface area contributed by atoms with E-state index in [9.17, 15) is 18.4 Å². The second-order valence-electron chi connectivity index (χ2n) is 7.33. The Kier molecular flexibility index (Phi) is 7.03. The quantitative estimate of drug-likeness (QED) is 0.697. The minimum Gasteiger partial charge on any atom is -0.434 e. The Hall–Kier alpha value is -2.96. The minimum absolute atomic E-state index is 0.0265. The summed E-state index contributed by atoms with van der Waals surface area (Å²) >= 11 is 0. The normalized spacial score (nSPS) is 16.4. The first-order valence-electron chi connectivity index (χ1n) is 10.1. The van der Waals surface area contributed by atoms with Crippen LogP contribution in [-0.4, -0.2) is 43.0 Å². The zero-order valence-corrected chi connectivity index (χ0v) is 17.2. The molecular formula is C23H26F2N2O3. The first-order valence-corrected chi connectivity index (χ1v) is 10.1. The molecule has 0 aliphatic carbocycles. The lowest BCUT2D eigenvalue weighted by Crippen LogP contribution is -2.47. The molecule has 0 unspecified atom stereocenters. The molecule has 2 aromatic carbocycles. The first kappa shape index (κ1) is 21.7. The largest absolute Gasteiger partial charge is 0.434 e. The number of hydrogen-bond donors (Lipinski definition) is 0. The fourth-order valence-electron chi connectivity index (χ4n) is 3.91. The number of benzene rings is 2. The van der Waals surface area contributed by atoms with Crippen molar-refractivity contribution in [1.29, 1.82) is 0 Å². The monoisotopic (exact) mass is 416 g/mol. The number of halogens is 2. The summed E-state index contributed by atoms with van der Waals surface area (Å²) in [7, 11) is 0. The predicted molar refractivity (Wildman–Crippen MR) is 111 cm³/mol. The van der Waals surface area contributed by atoms with Gasteiger partial charge in [-0.15, -0.1) is 0 Å². The highest BCUT2D eigenvalue weighted by atomic mass is 19.3. The zero-order chi connectivity index (χ0) is 21.7. The van der Waals surface area contributed by atoms with E-state index in [1.807, 2.05) is 38.1 Å². The molecule has 160 valence electrons. The van der Waals surface area contributed by atoms with E-state index in [0.717, 1.165) is 11.3 Å². The molecule has 0 bridgehead atoms. The van der Waals surface area contributed by atoms with Crippen molar-refractivity contribution in [2.45, 2.75) is 33.3 Å². The molecule has 5 nitrogen and oxygen atoms in total. The number of alkyl halides is 2. The van der Waals surface area contributed by atoms with Crippen LogP contribution in [0.25, 0.3) is 0 Å². The predicted octanol–water partition coefficient (Wildman–Crippen LogP) is 4.50. The van der Waals surface area contributed by atoms with Gasteiger partial charge in [-0.3, -0.25) is 9.59 Å². The molecule has 3 rings (SSSR count). The van der Waals surface area contributed by atoms with Crippen molar-refractivity contribution in [3.63, 3.8) is 0 Å². The molecule has 2 amide bonds. The van der Waals surface area contributed by atoms with Crippen LogP contribution in [0.1, 0.15) is 35.7 Å². The van der Waals surface area contributed by atoms with Crippen molar-refractivity contribution in [2.75, 3.05) is 24.5 Å². The Morgan fingerprint density at radius 1 is 1.17 bits per heavy atom. The number of ether oxygens (including phenoxy) is 1. The van der Waals surface area contributed by atoms with Gasteiger partial charge in [0.05, 0.1) is 11.5 Å². The van der Waals surface area contributed by atoms with Crippen LogP contribution in [0.15, 0.2) is 48.5 Å². The van der Waals surface area contributed by atoms with Crippen LogP contribution in [0, 0.1) is 12.8 Å². The van der Waals surface area contributed by atoms with E-state index >= 15 is 0 Å². The van der Waals surface area contributed by atoms with Gasteiger partial charge in [-0.25, -0.2) is 0 Å². The Bertz CT molecular complexity index is 904. The number of carbonyl (C=O) groups is 2. The van der Waals surface area contributed by atoms with Crippen LogP contribution in [0.3, 0.4) is 0 Å². The number of piperidine rings is 1. The third-order valence-electron chi connectivity index (χ3n) is 5.38. The van der Waals surface area contributed by atoms with Gasteiger partial charge in [-0.1, -0.05) is 30.3 Å². The second kappa shape index (κ2) is 9.69. The Morgan fingerprint density at radius 3 is 2.57 bits per heavy atom. The summed E-state index contributed by atoms with van der Waals surface area (Å²) in [5.41, 5.74) is 1.95. The number of anilines is 1. The van der Waals surface area contributed by atoms with Gasteiger partial charge in [0.25, 0.3) is 5.91 Å². The molecule has 7 heteroatoms. The van der Waals surface area contributed by atoms with Crippen molar-refractivity contribution in [3.8, 4) is 5.75 Å². The molecule has 1 heterocycles.